The summed E-state index contributed by atoms with van der Waals surface area (Å²) in [6, 6.07) is 8.75. The van der Waals surface area contributed by atoms with Crippen LogP contribution in [-0.2, 0) is 4.79 Å². The molecule has 2 aromatic rings. The van der Waals surface area contributed by atoms with Crippen molar-refractivity contribution in [1.29, 1.82) is 0 Å². The van der Waals surface area contributed by atoms with Crippen LogP contribution in [0.15, 0.2) is 35.5 Å². The number of aromatic nitrogens is 1. The quantitative estimate of drug-likeness (QED) is 0.938. The van der Waals surface area contributed by atoms with E-state index in [1.54, 1.807) is 0 Å². The molecule has 0 saturated carbocycles. The Morgan fingerprint density at radius 2 is 2.08 bits per heavy atom. The number of hydrogen-bond acceptors (Lipinski definition) is 4. The number of amides is 1. The Morgan fingerprint density at radius 3 is 2.83 bits per heavy atom. The molecule has 0 spiro atoms. The highest BCUT2D eigenvalue weighted by Crippen LogP contribution is 2.37. The average Bonchev–Trinajstić information content (AvgIpc) is 3.37. The minimum atomic E-state index is -0.254. The molecule has 1 amide bonds. The van der Waals surface area contributed by atoms with Gasteiger partial charge in [-0.25, -0.2) is 0 Å². The van der Waals surface area contributed by atoms with Gasteiger partial charge in [-0.2, -0.15) is 0 Å². The predicted octanol–water partition coefficient (Wildman–Crippen LogP) is 2.27. The summed E-state index contributed by atoms with van der Waals surface area (Å²) >= 11 is 0. The van der Waals surface area contributed by atoms with Gasteiger partial charge in [-0.3, -0.25) is 19.7 Å². The monoisotopic (exact) mass is 322 g/mol. The van der Waals surface area contributed by atoms with E-state index in [0.29, 0.717) is 18.4 Å². The molecule has 24 heavy (non-hydrogen) atoms. The molecule has 2 N–H and O–H groups in total. The summed E-state index contributed by atoms with van der Waals surface area (Å²) in [6.45, 7) is 4.39. The molecule has 1 unspecified atom stereocenters. The number of carbonyl (C=O) groups is 1. The highest BCUT2D eigenvalue weighted by atomic mass is 16.1. The maximum absolute atomic E-state index is 11.3. The summed E-state index contributed by atoms with van der Waals surface area (Å²) in [5.74, 6) is 0.686. The summed E-state index contributed by atoms with van der Waals surface area (Å²) in [6.07, 6.45) is 4.93. The summed E-state index contributed by atoms with van der Waals surface area (Å²) in [5, 5.41) is 1.21. The predicted molar refractivity (Wildman–Crippen MR) is 95.1 cm³/mol. The third-order valence-corrected chi connectivity index (χ3v) is 5.01. The lowest BCUT2D eigenvalue weighted by Gasteiger charge is -2.36. The van der Waals surface area contributed by atoms with Gasteiger partial charge in [0, 0.05) is 36.5 Å². The number of aliphatic imine (C=N–C) groups is 1. The van der Waals surface area contributed by atoms with Crippen molar-refractivity contribution in [1.82, 2.24) is 9.88 Å². The number of hydrogen-bond donors (Lipinski definition) is 1. The van der Waals surface area contributed by atoms with E-state index >= 15 is 0 Å². The van der Waals surface area contributed by atoms with Crippen molar-refractivity contribution in [2.75, 3.05) is 19.6 Å². The summed E-state index contributed by atoms with van der Waals surface area (Å²) < 4.78 is 0. The number of primary amides is 1. The van der Waals surface area contributed by atoms with Gasteiger partial charge in [-0.1, -0.05) is 25.1 Å². The van der Waals surface area contributed by atoms with Gasteiger partial charge in [0.1, 0.15) is 6.04 Å². The van der Waals surface area contributed by atoms with E-state index in [-0.39, 0.29) is 11.9 Å². The molecule has 1 aromatic carbocycles. The zero-order valence-corrected chi connectivity index (χ0v) is 13.9. The average molecular weight is 322 g/mol. The van der Waals surface area contributed by atoms with E-state index in [2.05, 4.69) is 40.0 Å². The highest BCUT2D eigenvalue weighted by molar-refractivity contribution is 5.92. The van der Waals surface area contributed by atoms with Crippen LogP contribution in [0.4, 0.5) is 0 Å². The summed E-state index contributed by atoms with van der Waals surface area (Å²) in [5.41, 5.74) is 8.96. The van der Waals surface area contributed by atoms with E-state index in [1.165, 1.54) is 16.5 Å². The van der Waals surface area contributed by atoms with Crippen LogP contribution in [0.1, 0.15) is 36.4 Å². The SMILES string of the molecule is C[C@@H]1C[C@H](c2ccc(C3C=N3)c3ncccc23)CN(CC(N)=O)C1. The Morgan fingerprint density at radius 1 is 1.29 bits per heavy atom. The van der Waals surface area contributed by atoms with Crippen LogP contribution in [-0.4, -0.2) is 41.6 Å². The normalized spacial score (nSPS) is 26.6. The molecule has 1 aromatic heterocycles. The molecule has 1 saturated heterocycles. The molecular formula is C19H22N4O. The molecule has 3 atom stereocenters. The molecule has 0 aliphatic carbocycles. The molecule has 5 nitrogen and oxygen atoms in total. The second-order valence-electron chi connectivity index (χ2n) is 7.08. The minimum absolute atomic E-state index is 0.202. The largest absolute Gasteiger partial charge is 0.369 e. The van der Waals surface area contributed by atoms with Crippen LogP contribution >= 0.6 is 0 Å². The lowest BCUT2D eigenvalue weighted by Crippen LogP contribution is -2.43. The first kappa shape index (κ1) is 15.3. The zero-order chi connectivity index (χ0) is 16.7. The number of benzene rings is 1. The van der Waals surface area contributed by atoms with E-state index in [4.69, 9.17) is 5.73 Å². The van der Waals surface area contributed by atoms with Crippen LogP contribution in [0.3, 0.4) is 0 Å². The fraction of sp³-hybridized carbons (Fsp3) is 0.421. The van der Waals surface area contributed by atoms with E-state index in [9.17, 15) is 4.79 Å². The first-order valence-electron chi connectivity index (χ1n) is 8.53. The van der Waals surface area contributed by atoms with Gasteiger partial charge in [-0.15, -0.1) is 0 Å². The second-order valence-corrected chi connectivity index (χ2v) is 7.08. The lowest BCUT2D eigenvalue weighted by molar-refractivity contribution is -0.119. The maximum Gasteiger partial charge on any atom is 0.231 e. The van der Waals surface area contributed by atoms with Gasteiger partial charge in [0.15, 0.2) is 0 Å². The van der Waals surface area contributed by atoms with Crippen LogP contribution < -0.4 is 5.73 Å². The Labute approximate surface area is 141 Å². The van der Waals surface area contributed by atoms with Crippen molar-refractivity contribution in [3.8, 4) is 0 Å². The molecule has 5 heteroatoms. The number of piperidine rings is 1. The molecular weight excluding hydrogens is 300 g/mol. The molecule has 4 rings (SSSR count). The molecule has 124 valence electrons. The molecule has 0 radical (unpaired) electrons. The molecule has 0 bridgehead atoms. The Kier molecular flexibility index (Phi) is 3.81. The van der Waals surface area contributed by atoms with E-state index in [1.807, 2.05) is 18.5 Å². The number of pyridine rings is 1. The van der Waals surface area contributed by atoms with Gasteiger partial charge in [0.05, 0.1) is 12.1 Å². The number of nitrogens with two attached hydrogens (primary N) is 1. The first-order chi connectivity index (χ1) is 11.6. The standard InChI is InChI=1S/C19H22N4O/c1-12-7-13(10-23(9-12)11-18(20)24)14-4-5-16(17-8-22-17)19-15(14)3-2-6-21-19/h2-6,8,12-13,17H,7,9-11H2,1H3,(H2,20,24)/t12-,13+,17?/m1/s1. The number of carbonyl (C=O) groups excluding carboxylic acids is 1. The maximum atomic E-state index is 11.3. The molecule has 2 aliphatic heterocycles. The second kappa shape index (κ2) is 5.98. The van der Waals surface area contributed by atoms with Gasteiger partial charge in [0.2, 0.25) is 5.91 Å². The van der Waals surface area contributed by atoms with E-state index in [0.717, 1.165) is 25.0 Å². The fourth-order valence-corrected chi connectivity index (χ4v) is 4.05. The van der Waals surface area contributed by atoms with Crippen LogP contribution in [0.2, 0.25) is 0 Å². The topological polar surface area (TPSA) is 71.6 Å². The van der Waals surface area contributed by atoms with Gasteiger partial charge < -0.3 is 5.73 Å². The molecule has 3 heterocycles. The van der Waals surface area contributed by atoms with Crippen LogP contribution in [0, 0.1) is 5.92 Å². The minimum Gasteiger partial charge on any atom is -0.369 e. The van der Waals surface area contributed by atoms with Crippen molar-refractivity contribution in [2.24, 2.45) is 16.6 Å². The number of nitrogens with zero attached hydrogens (tertiary/aromatic N) is 3. The van der Waals surface area contributed by atoms with Crippen molar-refractivity contribution in [2.45, 2.75) is 25.3 Å². The number of rotatable bonds is 4. The van der Waals surface area contributed by atoms with Gasteiger partial charge >= 0.3 is 0 Å². The van der Waals surface area contributed by atoms with Crippen molar-refractivity contribution >= 4 is 23.0 Å². The number of likely N-dealkylation sites (tertiary alicyclic amines) is 1. The molecule has 2 aliphatic rings. The lowest BCUT2D eigenvalue weighted by atomic mass is 9.83. The zero-order valence-electron chi connectivity index (χ0n) is 13.9. The third-order valence-electron chi connectivity index (χ3n) is 5.01. The third kappa shape index (κ3) is 2.91. The highest BCUT2D eigenvalue weighted by Gasteiger charge is 2.29. The molecule has 1 fully saturated rings. The van der Waals surface area contributed by atoms with Gasteiger partial charge in [0.25, 0.3) is 0 Å². The Bertz CT molecular complexity index is 810. The fourth-order valence-electron chi connectivity index (χ4n) is 4.05. The number of fused-ring (bicyclic) bond motifs is 1. The van der Waals surface area contributed by atoms with Crippen LogP contribution in [0.5, 0.6) is 0 Å². The van der Waals surface area contributed by atoms with Gasteiger partial charge in [-0.05, 0) is 29.9 Å². The Balaban J connectivity index is 1.70. The summed E-state index contributed by atoms with van der Waals surface area (Å²) in [7, 11) is 0. The van der Waals surface area contributed by atoms with Crippen LogP contribution in [0.25, 0.3) is 10.9 Å². The first-order valence-corrected chi connectivity index (χ1v) is 8.53. The van der Waals surface area contributed by atoms with E-state index < -0.39 is 0 Å². The Hall–Kier alpha value is -2.27. The van der Waals surface area contributed by atoms with Crippen molar-refractivity contribution in [3.05, 3.63) is 41.6 Å². The van der Waals surface area contributed by atoms with Crippen molar-refractivity contribution in [3.63, 3.8) is 0 Å². The summed E-state index contributed by atoms with van der Waals surface area (Å²) in [4.78, 5) is 22.4. The van der Waals surface area contributed by atoms with Crippen molar-refractivity contribution < 1.29 is 4.79 Å². The smallest absolute Gasteiger partial charge is 0.231 e.